The second kappa shape index (κ2) is 11.7. The van der Waals surface area contributed by atoms with Crippen LogP contribution in [0.25, 0.3) is 6.15 Å². The van der Waals surface area contributed by atoms with E-state index in [0.717, 1.165) is 11.1 Å². The van der Waals surface area contributed by atoms with Gasteiger partial charge >= 0.3 is 0 Å². The third-order valence-electron chi connectivity index (χ3n) is 1.96. The van der Waals surface area contributed by atoms with Gasteiger partial charge in [-0.05, 0) is 25.0 Å². The molecule has 0 heterocycles. The summed E-state index contributed by atoms with van der Waals surface area (Å²) in [5.41, 5.74) is 1.80. The van der Waals surface area contributed by atoms with Crippen molar-refractivity contribution in [1.29, 1.82) is 0 Å². The SMILES string of the molecule is CC.Cc1ccccc1C(O)C(C)O.[NH2-].[Y]. The van der Waals surface area contributed by atoms with Crippen LogP contribution in [0.3, 0.4) is 0 Å². The van der Waals surface area contributed by atoms with Crippen molar-refractivity contribution in [3.8, 4) is 0 Å². The quantitative estimate of drug-likeness (QED) is 0.880. The number of nitrogens with two attached hydrogens (primary N) is 1. The van der Waals surface area contributed by atoms with Crippen LogP contribution in [0.1, 0.15) is 38.0 Å². The summed E-state index contributed by atoms with van der Waals surface area (Å²) in [7, 11) is 0. The molecule has 16 heavy (non-hydrogen) atoms. The summed E-state index contributed by atoms with van der Waals surface area (Å²) < 4.78 is 0. The van der Waals surface area contributed by atoms with Crippen molar-refractivity contribution in [3.05, 3.63) is 41.5 Å². The minimum Gasteiger partial charge on any atom is -0.693 e. The zero-order valence-corrected chi connectivity index (χ0v) is 13.4. The van der Waals surface area contributed by atoms with Crippen molar-refractivity contribution in [2.45, 2.75) is 39.9 Å². The Morgan fingerprint density at radius 2 is 1.50 bits per heavy atom. The van der Waals surface area contributed by atoms with Gasteiger partial charge in [-0.2, -0.15) is 0 Å². The molecule has 3 nitrogen and oxygen atoms in total. The van der Waals surface area contributed by atoms with Gasteiger partial charge in [-0.25, -0.2) is 0 Å². The third kappa shape index (κ3) is 6.71. The molecular weight excluding hydrogens is 279 g/mol. The third-order valence-corrected chi connectivity index (χ3v) is 1.96. The molecule has 0 amide bonds. The molecule has 4 N–H and O–H groups in total. The van der Waals surface area contributed by atoms with E-state index in [9.17, 15) is 5.11 Å². The molecule has 0 aliphatic heterocycles. The van der Waals surface area contributed by atoms with Crippen molar-refractivity contribution in [1.82, 2.24) is 0 Å². The van der Waals surface area contributed by atoms with Crippen molar-refractivity contribution in [3.63, 3.8) is 0 Å². The summed E-state index contributed by atoms with van der Waals surface area (Å²) in [5, 5.41) is 18.7. The molecule has 1 rings (SSSR count). The first-order chi connectivity index (χ1) is 6.63. The van der Waals surface area contributed by atoms with E-state index in [1.54, 1.807) is 6.92 Å². The molecule has 1 aromatic rings. The van der Waals surface area contributed by atoms with Crippen LogP contribution in [-0.4, -0.2) is 16.3 Å². The number of aliphatic hydroxyl groups excluding tert-OH is 2. The maximum absolute atomic E-state index is 9.53. The number of rotatable bonds is 2. The largest absolute Gasteiger partial charge is 0.693 e. The number of hydrogen-bond donors (Lipinski definition) is 2. The minimum absolute atomic E-state index is 0. The van der Waals surface area contributed by atoms with Crippen LogP contribution in [0.4, 0.5) is 0 Å². The van der Waals surface area contributed by atoms with Gasteiger partial charge in [0.1, 0.15) is 6.10 Å². The zero-order chi connectivity index (χ0) is 11.1. The maximum Gasteiger partial charge on any atom is 0.105 e. The van der Waals surface area contributed by atoms with Crippen molar-refractivity contribution in [2.75, 3.05) is 0 Å². The second-order valence-corrected chi connectivity index (χ2v) is 3.04. The van der Waals surface area contributed by atoms with Gasteiger partial charge in [0.2, 0.25) is 0 Å². The number of hydrogen-bond acceptors (Lipinski definition) is 2. The molecule has 0 aliphatic carbocycles. The van der Waals surface area contributed by atoms with E-state index in [1.165, 1.54) is 0 Å². The van der Waals surface area contributed by atoms with Crippen LogP contribution in [0.15, 0.2) is 24.3 Å². The minimum atomic E-state index is -0.772. The Kier molecular flexibility index (Phi) is 15.7. The van der Waals surface area contributed by atoms with Gasteiger partial charge in [-0.15, -0.1) is 0 Å². The van der Waals surface area contributed by atoms with Crippen molar-refractivity contribution in [2.24, 2.45) is 0 Å². The predicted molar refractivity (Wildman–Crippen MR) is 64.5 cm³/mol. The smallest absolute Gasteiger partial charge is 0.105 e. The summed E-state index contributed by atoms with van der Waals surface area (Å²) >= 11 is 0. The van der Waals surface area contributed by atoms with Gasteiger partial charge in [0.15, 0.2) is 0 Å². The maximum atomic E-state index is 9.53. The van der Waals surface area contributed by atoms with Gasteiger partial charge < -0.3 is 16.4 Å². The zero-order valence-electron chi connectivity index (χ0n) is 10.5. The molecule has 0 spiro atoms. The molecule has 1 aromatic carbocycles. The normalized spacial score (nSPS) is 12.1. The number of aryl methyl sites for hydroxylation is 1. The van der Waals surface area contributed by atoms with Gasteiger partial charge in [0.05, 0.1) is 6.10 Å². The number of aliphatic hydroxyl groups is 2. The molecule has 1 radical (unpaired) electrons. The van der Waals surface area contributed by atoms with Crippen LogP contribution in [0, 0.1) is 6.92 Å². The fourth-order valence-corrected chi connectivity index (χ4v) is 1.18. The van der Waals surface area contributed by atoms with Crippen LogP contribution < -0.4 is 0 Å². The Bertz CT molecular complexity index is 267. The molecule has 0 bridgehead atoms. The van der Waals surface area contributed by atoms with Crippen LogP contribution >= 0.6 is 0 Å². The summed E-state index contributed by atoms with van der Waals surface area (Å²) in [6.45, 7) is 7.50. The number of benzene rings is 1. The van der Waals surface area contributed by atoms with Gasteiger partial charge in [-0.3, -0.25) is 0 Å². The fraction of sp³-hybridized carbons (Fsp3) is 0.500. The van der Waals surface area contributed by atoms with Gasteiger partial charge in [0.25, 0.3) is 0 Å². The Labute approximate surface area is 124 Å². The van der Waals surface area contributed by atoms with Crippen LogP contribution in [0.5, 0.6) is 0 Å². The molecule has 0 saturated heterocycles. The fourth-order valence-electron chi connectivity index (χ4n) is 1.18. The van der Waals surface area contributed by atoms with Crippen LogP contribution in [0.2, 0.25) is 0 Å². The standard InChI is InChI=1S/C10H14O2.C2H6.H2N.Y/c1-7-5-3-4-6-9(7)10(12)8(2)11;1-2;;/h3-6,8,10-12H,1-2H3;1-2H3;1H2;/q;;-1;. The Morgan fingerprint density at radius 3 is 1.88 bits per heavy atom. The predicted octanol–water partition coefficient (Wildman–Crippen LogP) is 3.15. The van der Waals surface area contributed by atoms with E-state index in [2.05, 4.69) is 0 Å². The van der Waals surface area contributed by atoms with Crippen LogP contribution in [-0.2, 0) is 32.7 Å². The average Bonchev–Trinajstić information content (AvgIpc) is 2.20. The molecular formula is C12H22NO2Y-. The first-order valence-electron chi connectivity index (χ1n) is 5.04. The van der Waals surface area contributed by atoms with Gasteiger partial charge in [0, 0.05) is 32.7 Å². The topological polar surface area (TPSA) is 74.0 Å². The van der Waals surface area contributed by atoms with E-state index in [0.29, 0.717) is 0 Å². The first-order valence-corrected chi connectivity index (χ1v) is 5.04. The summed E-state index contributed by atoms with van der Waals surface area (Å²) in [6.07, 6.45) is -1.49. The molecule has 2 unspecified atom stereocenters. The van der Waals surface area contributed by atoms with E-state index in [-0.39, 0.29) is 38.9 Å². The molecule has 0 aromatic heterocycles. The first kappa shape index (κ1) is 21.5. The van der Waals surface area contributed by atoms with E-state index in [1.807, 2.05) is 45.0 Å². The van der Waals surface area contributed by atoms with Crippen molar-refractivity contribution >= 4 is 0 Å². The molecule has 2 atom stereocenters. The monoisotopic (exact) mass is 301 g/mol. The summed E-state index contributed by atoms with van der Waals surface area (Å²) in [4.78, 5) is 0. The summed E-state index contributed by atoms with van der Waals surface area (Å²) in [5.74, 6) is 0. The Morgan fingerprint density at radius 1 is 1.06 bits per heavy atom. The molecule has 0 aliphatic rings. The molecule has 4 heteroatoms. The molecule has 0 saturated carbocycles. The summed E-state index contributed by atoms with van der Waals surface area (Å²) in [6, 6.07) is 7.51. The average molecular weight is 301 g/mol. The Balaban J connectivity index is -0.000000399. The molecule has 91 valence electrons. The molecule has 0 fully saturated rings. The van der Waals surface area contributed by atoms with E-state index >= 15 is 0 Å². The van der Waals surface area contributed by atoms with Crippen molar-refractivity contribution < 1.29 is 42.9 Å². The van der Waals surface area contributed by atoms with E-state index in [4.69, 9.17) is 5.11 Å². The van der Waals surface area contributed by atoms with Gasteiger partial charge in [-0.1, -0.05) is 38.1 Å². The second-order valence-electron chi connectivity index (χ2n) is 3.04. The van der Waals surface area contributed by atoms with E-state index < -0.39 is 12.2 Å². The Hall–Kier alpha value is 0.204.